The van der Waals surface area contributed by atoms with Crippen molar-refractivity contribution in [1.29, 1.82) is 0 Å². The van der Waals surface area contributed by atoms with Gasteiger partial charge in [0.05, 0.1) is 16.5 Å². The van der Waals surface area contributed by atoms with Crippen LogP contribution in [0.1, 0.15) is 6.42 Å². The SMILES string of the molecule is CNCC1CCN(S(=O)(=O)c2ccc(Br)c(OC)c2)C1. The molecule has 1 heterocycles. The van der Waals surface area contributed by atoms with Crippen molar-refractivity contribution in [3.8, 4) is 5.75 Å². The van der Waals surface area contributed by atoms with Crippen molar-refractivity contribution in [2.45, 2.75) is 11.3 Å². The van der Waals surface area contributed by atoms with Crippen LogP contribution in [0.25, 0.3) is 0 Å². The number of nitrogens with one attached hydrogen (secondary N) is 1. The van der Waals surface area contributed by atoms with Crippen LogP contribution < -0.4 is 10.1 Å². The Morgan fingerprint density at radius 1 is 1.50 bits per heavy atom. The molecule has 2 rings (SSSR count). The Morgan fingerprint density at radius 2 is 2.25 bits per heavy atom. The minimum atomic E-state index is -3.43. The Morgan fingerprint density at radius 3 is 2.90 bits per heavy atom. The summed E-state index contributed by atoms with van der Waals surface area (Å²) in [5, 5.41) is 3.10. The molecule has 5 nitrogen and oxygen atoms in total. The van der Waals surface area contributed by atoms with E-state index >= 15 is 0 Å². The molecule has 0 bridgehead atoms. The van der Waals surface area contributed by atoms with Crippen LogP contribution in [0.4, 0.5) is 0 Å². The maximum absolute atomic E-state index is 12.6. The second-order valence-electron chi connectivity index (χ2n) is 4.87. The molecule has 1 aliphatic heterocycles. The summed E-state index contributed by atoms with van der Waals surface area (Å²) in [5.41, 5.74) is 0. The number of methoxy groups -OCH3 is 1. The molecule has 0 amide bonds. The van der Waals surface area contributed by atoms with Gasteiger partial charge < -0.3 is 10.1 Å². The number of sulfonamides is 1. The molecule has 0 spiro atoms. The third kappa shape index (κ3) is 3.16. The molecule has 1 fully saturated rings. The maximum Gasteiger partial charge on any atom is 0.243 e. The third-order valence-corrected chi connectivity index (χ3v) is 6.02. The summed E-state index contributed by atoms with van der Waals surface area (Å²) in [6, 6.07) is 4.87. The van der Waals surface area contributed by atoms with E-state index in [-0.39, 0.29) is 4.90 Å². The lowest BCUT2D eigenvalue weighted by molar-refractivity contribution is 0.409. The molecule has 1 atom stereocenters. The first-order chi connectivity index (χ1) is 9.48. The van der Waals surface area contributed by atoms with E-state index in [9.17, 15) is 8.42 Å². The first-order valence-corrected chi connectivity index (χ1v) is 8.70. The highest BCUT2D eigenvalue weighted by atomic mass is 79.9. The molecule has 1 aromatic carbocycles. The summed E-state index contributed by atoms with van der Waals surface area (Å²) in [6.45, 7) is 1.99. The van der Waals surface area contributed by atoms with Crippen molar-refractivity contribution >= 4 is 26.0 Å². The largest absolute Gasteiger partial charge is 0.496 e. The van der Waals surface area contributed by atoms with E-state index in [0.29, 0.717) is 24.8 Å². The number of benzene rings is 1. The van der Waals surface area contributed by atoms with Crippen LogP contribution >= 0.6 is 15.9 Å². The van der Waals surface area contributed by atoms with Crippen molar-refractivity contribution in [3.63, 3.8) is 0 Å². The fraction of sp³-hybridized carbons (Fsp3) is 0.538. The molecule has 0 saturated carbocycles. The number of hydrogen-bond donors (Lipinski definition) is 1. The standard InChI is InChI=1S/C13H19BrN2O3S/c1-15-8-10-5-6-16(9-10)20(17,18)11-3-4-12(14)13(7-11)19-2/h3-4,7,10,15H,5-6,8-9H2,1-2H3. The van der Waals surface area contributed by atoms with Crippen molar-refractivity contribution in [2.75, 3.05) is 33.8 Å². The molecule has 112 valence electrons. The van der Waals surface area contributed by atoms with Gasteiger partial charge in [-0.25, -0.2) is 8.42 Å². The zero-order valence-corrected chi connectivity index (χ0v) is 14.0. The summed E-state index contributed by atoms with van der Waals surface area (Å²) < 4.78 is 32.7. The van der Waals surface area contributed by atoms with Crippen LogP contribution in [-0.4, -0.2) is 46.5 Å². The van der Waals surface area contributed by atoms with Gasteiger partial charge in [-0.15, -0.1) is 0 Å². The lowest BCUT2D eigenvalue weighted by Crippen LogP contribution is -2.30. The molecule has 0 radical (unpaired) electrons. The van der Waals surface area contributed by atoms with Gasteiger partial charge in [0.2, 0.25) is 10.0 Å². The number of nitrogens with zero attached hydrogens (tertiary/aromatic N) is 1. The highest BCUT2D eigenvalue weighted by Crippen LogP contribution is 2.30. The minimum absolute atomic E-state index is 0.280. The number of rotatable bonds is 5. The number of ether oxygens (including phenoxy) is 1. The number of hydrogen-bond acceptors (Lipinski definition) is 4. The van der Waals surface area contributed by atoms with Crippen molar-refractivity contribution < 1.29 is 13.2 Å². The van der Waals surface area contributed by atoms with Crippen LogP contribution in [0, 0.1) is 5.92 Å². The zero-order chi connectivity index (χ0) is 14.8. The zero-order valence-electron chi connectivity index (χ0n) is 11.6. The predicted octanol–water partition coefficient (Wildman–Crippen LogP) is 1.69. The molecule has 1 unspecified atom stereocenters. The normalized spacial score (nSPS) is 20.2. The number of halogens is 1. The lowest BCUT2D eigenvalue weighted by atomic mass is 10.1. The van der Waals surface area contributed by atoms with E-state index < -0.39 is 10.0 Å². The van der Waals surface area contributed by atoms with Gasteiger partial charge in [-0.2, -0.15) is 4.31 Å². The van der Waals surface area contributed by atoms with E-state index in [0.717, 1.165) is 17.4 Å². The minimum Gasteiger partial charge on any atom is -0.496 e. The van der Waals surface area contributed by atoms with E-state index in [1.54, 1.807) is 22.5 Å². The predicted molar refractivity (Wildman–Crippen MR) is 81.5 cm³/mol. The second kappa shape index (κ2) is 6.43. The van der Waals surface area contributed by atoms with Crippen molar-refractivity contribution in [1.82, 2.24) is 9.62 Å². The molecule has 1 aromatic rings. The summed E-state index contributed by atoms with van der Waals surface area (Å²) in [7, 11) is -0.0258. The van der Waals surface area contributed by atoms with Crippen LogP contribution in [0.15, 0.2) is 27.6 Å². The third-order valence-electron chi connectivity index (χ3n) is 3.50. The molecular weight excluding hydrogens is 344 g/mol. The van der Waals surface area contributed by atoms with Crippen molar-refractivity contribution in [2.24, 2.45) is 5.92 Å². The van der Waals surface area contributed by atoms with Gasteiger partial charge in [-0.05, 0) is 54.0 Å². The molecule has 1 aliphatic rings. The molecule has 1 saturated heterocycles. The van der Waals surface area contributed by atoms with Crippen LogP contribution in [0.5, 0.6) is 5.75 Å². The van der Waals surface area contributed by atoms with Gasteiger partial charge in [0.15, 0.2) is 0 Å². The summed E-state index contributed by atoms with van der Waals surface area (Å²) >= 11 is 3.33. The average molecular weight is 363 g/mol. The molecule has 0 aromatic heterocycles. The van der Waals surface area contributed by atoms with Crippen LogP contribution in [0.3, 0.4) is 0 Å². The molecule has 1 N–H and O–H groups in total. The van der Waals surface area contributed by atoms with Crippen molar-refractivity contribution in [3.05, 3.63) is 22.7 Å². The highest BCUT2D eigenvalue weighted by Gasteiger charge is 2.32. The first kappa shape index (κ1) is 15.8. The van der Waals surface area contributed by atoms with E-state index in [1.165, 1.54) is 7.11 Å². The Labute approximate surface area is 128 Å². The van der Waals surface area contributed by atoms with Crippen LogP contribution in [-0.2, 0) is 10.0 Å². The van der Waals surface area contributed by atoms with E-state index in [2.05, 4.69) is 21.2 Å². The Kier molecular flexibility index (Phi) is 5.06. The summed E-state index contributed by atoms with van der Waals surface area (Å²) in [4.78, 5) is 0.280. The van der Waals surface area contributed by atoms with Gasteiger partial charge >= 0.3 is 0 Å². The van der Waals surface area contributed by atoms with Crippen LogP contribution in [0.2, 0.25) is 0 Å². The molecular formula is C13H19BrN2O3S. The van der Waals surface area contributed by atoms with Gasteiger partial charge in [-0.1, -0.05) is 0 Å². The highest BCUT2D eigenvalue weighted by molar-refractivity contribution is 9.10. The smallest absolute Gasteiger partial charge is 0.243 e. The van der Waals surface area contributed by atoms with Gasteiger partial charge in [0, 0.05) is 19.2 Å². The molecule has 20 heavy (non-hydrogen) atoms. The maximum atomic E-state index is 12.6. The Balaban J connectivity index is 2.23. The van der Waals surface area contributed by atoms with Gasteiger partial charge in [-0.3, -0.25) is 0 Å². The Hall–Kier alpha value is -0.630. The lowest BCUT2D eigenvalue weighted by Gasteiger charge is -2.17. The van der Waals surface area contributed by atoms with E-state index in [1.807, 2.05) is 7.05 Å². The summed E-state index contributed by atoms with van der Waals surface area (Å²) in [6.07, 6.45) is 0.897. The molecule has 0 aliphatic carbocycles. The monoisotopic (exact) mass is 362 g/mol. The quantitative estimate of drug-likeness (QED) is 0.865. The second-order valence-corrected chi connectivity index (χ2v) is 7.66. The van der Waals surface area contributed by atoms with Gasteiger partial charge in [0.25, 0.3) is 0 Å². The average Bonchev–Trinajstić information content (AvgIpc) is 2.89. The molecule has 7 heteroatoms. The van der Waals surface area contributed by atoms with Gasteiger partial charge in [0.1, 0.15) is 5.75 Å². The Bertz CT molecular complexity index is 577. The fourth-order valence-electron chi connectivity index (χ4n) is 2.42. The summed E-state index contributed by atoms with van der Waals surface area (Å²) in [5.74, 6) is 0.907. The van der Waals surface area contributed by atoms with E-state index in [4.69, 9.17) is 4.74 Å². The fourth-order valence-corrected chi connectivity index (χ4v) is 4.38. The first-order valence-electron chi connectivity index (χ1n) is 6.47. The topological polar surface area (TPSA) is 58.6 Å².